The van der Waals surface area contributed by atoms with Gasteiger partial charge in [-0.15, -0.1) is 0 Å². The summed E-state index contributed by atoms with van der Waals surface area (Å²) in [5.41, 5.74) is -2.58. The molecule has 1 atom stereocenters. The second-order valence-corrected chi connectivity index (χ2v) is 4.44. The number of benzene rings is 2. The quantitative estimate of drug-likeness (QED) is 0.908. The van der Waals surface area contributed by atoms with Crippen molar-refractivity contribution in [3.8, 4) is 0 Å². The largest absolute Gasteiger partial charge is 0.417 e. The van der Waals surface area contributed by atoms with Crippen LogP contribution in [0.3, 0.4) is 0 Å². The van der Waals surface area contributed by atoms with E-state index in [9.17, 15) is 23.4 Å². The Hall–Kier alpha value is -1.85. The van der Waals surface area contributed by atoms with E-state index < -0.39 is 17.9 Å². The van der Waals surface area contributed by atoms with Gasteiger partial charge in [0, 0.05) is 0 Å². The van der Waals surface area contributed by atoms with Gasteiger partial charge >= 0.3 is 6.18 Å². The molecule has 2 rings (SSSR count). The summed E-state index contributed by atoms with van der Waals surface area (Å²) in [6.45, 7) is 0. The Balaban J connectivity index is 2.61. The van der Waals surface area contributed by atoms with Crippen LogP contribution < -0.4 is 0 Å². The van der Waals surface area contributed by atoms with Gasteiger partial charge in [-0.25, -0.2) is 0 Å². The number of aliphatic hydroxyl groups is 2. The molecule has 0 radical (unpaired) electrons. The normalized spacial score (nSPS) is 14.1. The average Bonchev–Trinajstić information content (AvgIpc) is 2.46. The molecule has 0 amide bonds. The maximum absolute atomic E-state index is 12.9. The first-order chi connectivity index (χ1) is 9.37. The number of hydrogen-bond donors (Lipinski definition) is 2. The lowest BCUT2D eigenvalue weighted by molar-refractivity contribution is -0.250. The standard InChI is InChI=1S/C15H13F3O2/c16-15(17,18)13(19)14(20,11-7-3-1-4-8-11)12-9-5-2-6-10-12/h1-10,13,19-20H. The fourth-order valence-corrected chi connectivity index (χ4v) is 2.10. The van der Waals surface area contributed by atoms with Gasteiger partial charge in [-0.2, -0.15) is 13.2 Å². The van der Waals surface area contributed by atoms with Crippen molar-refractivity contribution >= 4 is 0 Å². The topological polar surface area (TPSA) is 40.5 Å². The van der Waals surface area contributed by atoms with E-state index in [2.05, 4.69) is 0 Å². The molecule has 2 N–H and O–H groups in total. The van der Waals surface area contributed by atoms with Gasteiger partial charge in [0.15, 0.2) is 6.10 Å². The third-order valence-electron chi connectivity index (χ3n) is 3.13. The molecular formula is C15H13F3O2. The second kappa shape index (κ2) is 5.26. The SMILES string of the molecule is OC(C(F)(F)F)C(O)(c1ccccc1)c1ccccc1. The Morgan fingerprint density at radius 1 is 0.750 bits per heavy atom. The molecule has 1 unspecified atom stereocenters. The van der Waals surface area contributed by atoms with Gasteiger partial charge < -0.3 is 10.2 Å². The molecule has 0 heterocycles. The van der Waals surface area contributed by atoms with Crippen molar-refractivity contribution in [2.45, 2.75) is 17.9 Å². The van der Waals surface area contributed by atoms with Gasteiger partial charge in [-0.3, -0.25) is 0 Å². The molecule has 2 aromatic carbocycles. The third kappa shape index (κ3) is 2.55. The molecule has 0 aliphatic carbocycles. The predicted octanol–water partition coefficient (Wildman–Crippen LogP) is 2.85. The highest BCUT2D eigenvalue weighted by atomic mass is 19.4. The minimum Gasteiger partial charge on any atom is -0.381 e. The zero-order valence-corrected chi connectivity index (χ0v) is 10.4. The number of rotatable bonds is 3. The van der Waals surface area contributed by atoms with Gasteiger partial charge in [0.25, 0.3) is 0 Å². The summed E-state index contributed by atoms with van der Waals surface area (Å²) in [7, 11) is 0. The van der Waals surface area contributed by atoms with Crippen molar-refractivity contribution in [2.75, 3.05) is 0 Å². The fraction of sp³-hybridized carbons (Fsp3) is 0.200. The summed E-state index contributed by atoms with van der Waals surface area (Å²) in [6.07, 6.45) is -7.86. The molecule has 0 spiro atoms. The molecule has 0 bridgehead atoms. The molecule has 5 heteroatoms. The lowest BCUT2D eigenvalue weighted by Gasteiger charge is -2.35. The molecule has 2 nitrogen and oxygen atoms in total. The maximum atomic E-state index is 12.9. The van der Waals surface area contributed by atoms with Crippen LogP contribution in [0.25, 0.3) is 0 Å². The number of alkyl halides is 3. The van der Waals surface area contributed by atoms with Crippen molar-refractivity contribution in [1.29, 1.82) is 0 Å². The first kappa shape index (κ1) is 14.6. The maximum Gasteiger partial charge on any atom is 0.417 e. The van der Waals surface area contributed by atoms with Crippen molar-refractivity contribution in [1.82, 2.24) is 0 Å². The zero-order chi connectivity index (χ0) is 14.8. The fourth-order valence-electron chi connectivity index (χ4n) is 2.10. The number of hydrogen-bond acceptors (Lipinski definition) is 2. The Morgan fingerprint density at radius 3 is 1.40 bits per heavy atom. The Bertz CT molecular complexity index is 513. The lowest BCUT2D eigenvalue weighted by atomic mass is 9.81. The van der Waals surface area contributed by atoms with Gasteiger partial charge in [0.1, 0.15) is 5.60 Å². The van der Waals surface area contributed by atoms with E-state index in [1.54, 1.807) is 12.1 Å². The summed E-state index contributed by atoms with van der Waals surface area (Å²) in [4.78, 5) is 0. The molecule has 0 saturated carbocycles. The van der Waals surface area contributed by atoms with Crippen LogP contribution >= 0.6 is 0 Å². The predicted molar refractivity (Wildman–Crippen MR) is 67.9 cm³/mol. The molecule has 0 aliphatic heterocycles. The molecule has 0 aromatic heterocycles. The smallest absolute Gasteiger partial charge is 0.381 e. The Labute approximate surface area is 114 Å². The van der Waals surface area contributed by atoms with Crippen LogP contribution in [0.4, 0.5) is 13.2 Å². The van der Waals surface area contributed by atoms with E-state index in [1.807, 2.05) is 0 Å². The molecule has 106 valence electrons. The monoisotopic (exact) mass is 282 g/mol. The van der Waals surface area contributed by atoms with E-state index >= 15 is 0 Å². The average molecular weight is 282 g/mol. The molecule has 20 heavy (non-hydrogen) atoms. The molecular weight excluding hydrogens is 269 g/mol. The molecule has 0 saturated heterocycles. The first-order valence-electron chi connectivity index (χ1n) is 5.95. The van der Waals surface area contributed by atoms with E-state index in [-0.39, 0.29) is 11.1 Å². The van der Waals surface area contributed by atoms with Gasteiger partial charge in [-0.05, 0) is 11.1 Å². The van der Waals surface area contributed by atoms with Crippen LogP contribution in [0.5, 0.6) is 0 Å². The van der Waals surface area contributed by atoms with Gasteiger partial charge in [0.05, 0.1) is 0 Å². The van der Waals surface area contributed by atoms with Crippen molar-refractivity contribution in [3.05, 3.63) is 71.8 Å². The lowest BCUT2D eigenvalue weighted by Crippen LogP contribution is -2.49. The van der Waals surface area contributed by atoms with E-state index in [0.29, 0.717) is 0 Å². The number of halogens is 3. The molecule has 2 aromatic rings. The highest BCUT2D eigenvalue weighted by molar-refractivity contribution is 5.37. The van der Waals surface area contributed by atoms with E-state index in [0.717, 1.165) is 0 Å². The number of aliphatic hydroxyl groups excluding tert-OH is 1. The molecule has 0 aliphatic rings. The van der Waals surface area contributed by atoms with Crippen molar-refractivity contribution < 1.29 is 23.4 Å². The summed E-state index contributed by atoms with van der Waals surface area (Å²) >= 11 is 0. The minimum atomic E-state index is -4.94. The van der Waals surface area contributed by atoms with Crippen LogP contribution in [-0.2, 0) is 5.60 Å². The molecule has 0 fully saturated rings. The van der Waals surface area contributed by atoms with E-state index in [4.69, 9.17) is 0 Å². The highest BCUT2D eigenvalue weighted by Gasteiger charge is 2.54. The third-order valence-corrected chi connectivity index (χ3v) is 3.13. The van der Waals surface area contributed by atoms with Crippen LogP contribution in [0.15, 0.2) is 60.7 Å². The summed E-state index contributed by atoms with van der Waals surface area (Å²) in [6, 6.07) is 14.7. The van der Waals surface area contributed by atoms with E-state index in [1.165, 1.54) is 48.5 Å². The van der Waals surface area contributed by atoms with Crippen LogP contribution in [-0.4, -0.2) is 22.5 Å². The van der Waals surface area contributed by atoms with Crippen molar-refractivity contribution in [3.63, 3.8) is 0 Å². The van der Waals surface area contributed by atoms with Gasteiger partial charge in [0.2, 0.25) is 0 Å². The first-order valence-corrected chi connectivity index (χ1v) is 5.95. The van der Waals surface area contributed by atoms with Crippen LogP contribution in [0.2, 0.25) is 0 Å². The summed E-state index contributed by atoms with van der Waals surface area (Å²) in [5.74, 6) is 0. The highest BCUT2D eigenvalue weighted by Crippen LogP contribution is 2.39. The van der Waals surface area contributed by atoms with Gasteiger partial charge in [-0.1, -0.05) is 60.7 Å². The minimum absolute atomic E-state index is 0.0176. The van der Waals surface area contributed by atoms with Crippen LogP contribution in [0, 0.1) is 0 Å². The Kier molecular flexibility index (Phi) is 3.83. The van der Waals surface area contributed by atoms with Crippen LogP contribution in [0.1, 0.15) is 11.1 Å². The van der Waals surface area contributed by atoms with Crippen molar-refractivity contribution in [2.24, 2.45) is 0 Å². The second-order valence-electron chi connectivity index (χ2n) is 4.44. The summed E-state index contributed by atoms with van der Waals surface area (Å²) in [5, 5.41) is 20.2. The zero-order valence-electron chi connectivity index (χ0n) is 10.4. The Morgan fingerprint density at radius 2 is 1.10 bits per heavy atom. The summed E-state index contributed by atoms with van der Waals surface area (Å²) < 4.78 is 38.7.